The van der Waals surface area contributed by atoms with Crippen LogP contribution in [-0.4, -0.2) is 49.8 Å². The van der Waals surface area contributed by atoms with Gasteiger partial charge in [-0.25, -0.2) is 0 Å². The highest BCUT2D eigenvalue weighted by molar-refractivity contribution is 5.79. The molecule has 3 aliphatic rings. The SMILES string of the molecule is O=C(NCc1ccc2c(c1)CCCO2)C1CCCN(C2CCOCC2)C1. The van der Waals surface area contributed by atoms with Crippen LogP contribution in [0.1, 0.15) is 43.2 Å². The second kappa shape index (κ2) is 8.40. The fraction of sp³-hybridized carbons (Fsp3) is 0.667. The molecule has 142 valence electrons. The van der Waals surface area contributed by atoms with Crippen molar-refractivity contribution < 1.29 is 14.3 Å². The summed E-state index contributed by atoms with van der Waals surface area (Å²) < 4.78 is 11.1. The third kappa shape index (κ3) is 4.21. The molecule has 1 aromatic carbocycles. The minimum absolute atomic E-state index is 0.118. The first-order valence-corrected chi connectivity index (χ1v) is 10.1. The molecule has 0 radical (unpaired) electrons. The van der Waals surface area contributed by atoms with E-state index in [4.69, 9.17) is 9.47 Å². The number of piperidine rings is 1. The van der Waals surface area contributed by atoms with Crippen LogP contribution in [0.2, 0.25) is 0 Å². The molecule has 0 saturated carbocycles. The van der Waals surface area contributed by atoms with E-state index in [1.807, 2.05) is 6.07 Å². The zero-order valence-corrected chi connectivity index (χ0v) is 15.5. The molecule has 1 unspecified atom stereocenters. The van der Waals surface area contributed by atoms with Gasteiger partial charge in [0, 0.05) is 32.3 Å². The first-order valence-electron chi connectivity index (χ1n) is 10.1. The van der Waals surface area contributed by atoms with E-state index in [9.17, 15) is 4.79 Å². The van der Waals surface area contributed by atoms with E-state index in [1.54, 1.807) is 0 Å². The topological polar surface area (TPSA) is 50.8 Å². The van der Waals surface area contributed by atoms with Crippen LogP contribution in [0, 0.1) is 5.92 Å². The minimum Gasteiger partial charge on any atom is -0.493 e. The van der Waals surface area contributed by atoms with Crippen LogP contribution in [0.3, 0.4) is 0 Å². The van der Waals surface area contributed by atoms with E-state index in [2.05, 4.69) is 22.3 Å². The molecule has 3 heterocycles. The molecule has 5 heteroatoms. The summed E-state index contributed by atoms with van der Waals surface area (Å²) in [4.78, 5) is 15.2. The predicted molar refractivity (Wildman–Crippen MR) is 100 cm³/mol. The maximum atomic E-state index is 12.7. The lowest BCUT2D eigenvalue weighted by Gasteiger charge is -2.39. The molecule has 1 amide bonds. The van der Waals surface area contributed by atoms with Crippen LogP contribution in [0.25, 0.3) is 0 Å². The summed E-state index contributed by atoms with van der Waals surface area (Å²) in [6.07, 6.45) is 6.47. The number of carbonyl (C=O) groups excluding carboxylic acids is 1. The number of amides is 1. The number of fused-ring (bicyclic) bond motifs is 1. The third-order valence-electron chi connectivity index (χ3n) is 5.97. The zero-order valence-electron chi connectivity index (χ0n) is 15.5. The number of carbonyl (C=O) groups is 1. The van der Waals surface area contributed by atoms with Crippen molar-refractivity contribution in [3.8, 4) is 5.75 Å². The van der Waals surface area contributed by atoms with Crippen LogP contribution in [0.15, 0.2) is 18.2 Å². The Labute approximate surface area is 156 Å². The average Bonchev–Trinajstić information content (AvgIpc) is 2.72. The molecule has 0 aromatic heterocycles. The fourth-order valence-electron chi connectivity index (χ4n) is 4.46. The molecule has 1 atom stereocenters. The normalized spacial score (nSPS) is 24.5. The van der Waals surface area contributed by atoms with Gasteiger partial charge in [-0.3, -0.25) is 9.69 Å². The number of likely N-dealkylation sites (tertiary alicyclic amines) is 1. The molecule has 2 fully saturated rings. The maximum absolute atomic E-state index is 12.7. The number of benzene rings is 1. The van der Waals surface area contributed by atoms with E-state index in [-0.39, 0.29) is 11.8 Å². The van der Waals surface area contributed by atoms with Crippen LogP contribution in [0.4, 0.5) is 0 Å². The molecule has 2 saturated heterocycles. The Morgan fingerprint density at radius 1 is 1.15 bits per heavy atom. The Kier molecular flexibility index (Phi) is 5.75. The standard InChI is InChI=1S/C21H30N2O3/c24-21(18-3-1-9-23(15-18)19-7-11-25-12-8-19)22-14-16-5-6-20-17(13-16)4-2-10-26-20/h5-6,13,18-19H,1-4,7-12,14-15H2,(H,22,24). The Balaban J connectivity index is 1.30. The van der Waals surface area contributed by atoms with Gasteiger partial charge >= 0.3 is 0 Å². The van der Waals surface area contributed by atoms with E-state index in [0.717, 1.165) is 77.2 Å². The van der Waals surface area contributed by atoms with Gasteiger partial charge in [-0.2, -0.15) is 0 Å². The quantitative estimate of drug-likeness (QED) is 0.899. The molecule has 0 bridgehead atoms. The van der Waals surface area contributed by atoms with Gasteiger partial charge in [0.05, 0.1) is 12.5 Å². The number of aryl methyl sites for hydroxylation is 1. The van der Waals surface area contributed by atoms with Crippen LogP contribution in [0.5, 0.6) is 5.75 Å². The summed E-state index contributed by atoms with van der Waals surface area (Å²) in [6.45, 7) is 5.17. The molecule has 1 N–H and O–H groups in total. The molecular formula is C21H30N2O3. The predicted octanol–water partition coefficient (Wildman–Crippen LogP) is 2.52. The van der Waals surface area contributed by atoms with E-state index < -0.39 is 0 Å². The molecule has 1 aromatic rings. The Bertz CT molecular complexity index is 628. The largest absolute Gasteiger partial charge is 0.493 e. The first kappa shape index (κ1) is 17.8. The van der Waals surface area contributed by atoms with Crippen molar-refractivity contribution in [2.24, 2.45) is 5.92 Å². The summed E-state index contributed by atoms with van der Waals surface area (Å²) in [5.41, 5.74) is 2.44. The number of hydrogen-bond acceptors (Lipinski definition) is 4. The van der Waals surface area contributed by atoms with Gasteiger partial charge in [0.2, 0.25) is 5.91 Å². The van der Waals surface area contributed by atoms with Gasteiger partial charge in [-0.15, -0.1) is 0 Å². The first-order chi connectivity index (χ1) is 12.8. The molecular weight excluding hydrogens is 328 g/mol. The van der Waals surface area contributed by atoms with Gasteiger partial charge in [-0.1, -0.05) is 12.1 Å². The summed E-state index contributed by atoms with van der Waals surface area (Å²) in [7, 11) is 0. The minimum atomic E-state index is 0.118. The molecule has 4 rings (SSSR count). The monoisotopic (exact) mass is 358 g/mol. The molecule has 3 aliphatic heterocycles. The van der Waals surface area contributed by atoms with Crippen molar-refractivity contribution >= 4 is 5.91 Å². The van der Waals surface area contributed by atoms with Gasteiger partial charge in [0.15, 0.2) is 0 Å². The maximum Gasteiger partial charge on any atom is 0.224 e. The lowest BCUT2D eigenvalue weighted by atomic mass is 9.94. The smallest absolute Gasteiger partial charge is 0.224 e. The number of nitrogens with one attached hydrogen (secondary N) is 1. The fourth-order valence-corrected chi connectivity index (χ4v) is 4.46. The van der Waals surface area contributed by atoms with E-state index >= 15 is 0 Å². The molecule has 5 nitrogen and oxygen atoms in total. The Morgan fingerprint density at radius 3 is 2.92 bits per heavy atom. The number of hydrogen-bond donors (Lipinski definition) is 1. The lowest BCUT2D eigenvalue weighted by Crippen LogP contribution is -2.48. The van der Waals surface area contributed by atoms with Crippen molar-refractivity contribution in [1.82, 2.24) is 10.2 Å². The van der Waals surface area contributed by atoms with E-state index in [1.165, 1.54) is 11.1 Å². The number of ether oxygens (including phenoxy) is 2. The highest BCUT2D eigenvalue weighted by Gasteiger charge is 2.30. The second-order valence-electron chi connectivity index (χ2n) is 7.79. The average molecular weight is 358 g/mol. The third-order valence-corrected chi connectivity index (χ3v) is 5.97. The van der Waals surface area contributed by atoms with Crippen molar-refractivity contribution in [3.05, 3.63) is 29.3 Å². The lowest BCUT2D eigenvalue weighted by molar-refractivity contribution is -0.127. The number of rotatable bonds is 4. The highest BCUT2D eigenvalue weighted by atomic mass is 16.5. The van der Waals surface area contributed by atoms with Crippen molar-refractivity contribution in [1.29, 1.82) is 0 Å². The van der Waals surface area contributed by atoms with Crippen molar-refractivity contribution in [3.63, 3.8) is 0 Å². The Morgan fingerprint density at radius 2 is 2.04 bits per heavy atom. The highest BCUT2D eigenvalue weighted by Crippen LogP contribution is 2.26. The number of nitrogens with zero attached hydrogens (tertiary/aromatic N) is 1. The van der Waals surface area contributed by atoms with Crippen molar-refractivity contribution in [2.75, 3.05) is 32.9 Å². The summed E-state index contributed by atoms with van der Waals surface area (Å²) in [5, 5.41) is 3.17. The van der Waals surface area contributed by atoms with Crippen LogP contribution < -0.4 is 10.1 Å². The van der Waals surface area contributed by atoms with Crippen LogP contribution >= 0.6 is 0 Å². The second-order valence-corrected chi connectivity index (χ2v) is 7.79. The van der Waals surface area contributed by atoms with Gasteiger partial charge in [0.25, 0.3) is 0 Å². The van der Waals surface area contributed by atoms with Gasteiger partial charge in [0.1, 0.15) is 5.75 Å². The summed E-state index contributed by atoms with van der Waals surface area (Å²) >= 11 is 0. The van der Waals surface area contributed by atoms with E-state index in [0.29, 0.717) is 12.6 Å². The van der Waals surface area contributed by atoms with Gasteiger partial charge < -0.3 is 14.8 Å². The molecule has 0 aliphatic carbocycles. The molecule has 0 spiro atoms. The van der Waals surface area contributed by atoms with Crippen molar-refractivity contribution in [2.45, 2.75) is 51.1 Å². The van der Waals surface area contributed by atoms with Crippen LogP contribution in [-0.2, 0) is 22.5 Å². The summed E-state index contributed by atoms with van der Waals surface area (Å²) in [6, 6.07) is 6.90. The Hall–Kier alpha value is -1.59. The van der Waals surface area contributed by atoms with Gasteiger partial charge in [-0.05, 0) is 62.3 Å². The summed E-state index contributed by atoms with van der Waals surface area (Å²) in [5.74, 6) is 1.33. The zero-order chi connectivity index (χ0) is 17.8. The molecule has 26 heavy (non-hydrogen) atoms.